The highest BCUT2D eigenvalue weighted by Crippen LogP contribution is 2.36. The predicted molar refractivity (Wildman–Crippen MR) is 125 cm³/mol. The highest BCUT2D eigenvalue weighted by molar-refractivity contribution is 7.51. The molecule has 6 heteroatoms. The molecule has 0 bridgehead atoms. The van der Waals surface area contributed by atoms with E-state index in [0.717, 1.165) is 13.0 Å². The Morgan fingerprint density at radius 2 is 1.17 bits per heavy atom. The molecule has 0 rings (SSSR count). The van der Waals surface area contributed by atoms with Gasteiger partial charge in [-0.25, -0.2) is 0 Å². The molecular formula is C24H50O5P-. The van der Waals surface area contributed by atoms with E-state index in [0.29, 0.717) is 13.0 Å². The molecule has 0 saturated heterocycles. The molecule has 1 unspecified atom stereocenters. The fourth-order valence-corrected chi connectivity index (χ4v) is 4.42. The van der Waals surface area contributed by atoms with Crippen molar-refractivity contribution in [2.24, 2.45) is 0 Å². The molecule has 0 N–H and O–H groups in total. The standard InChI is InChI=1S/C24H51O5P/c1-4-5-6-7-8-9-10-11-12-13-14-15-16-17-18-19-21-29-23-24(27-2)20-22-30(25,26)28-3/h24H,4-23H2,1-3H3,(H,25,26)/p-1/t24-/m0/s1. The Morgan fingerprint density at radius 1 is 0.733 bits per heavy atom. The van der Waals surface area contributed by atoms with Crippen molar-refractivity contribution in [2.75, 3.05) is 33.6 Å². The molecule has 0 aliphatic carbocycles. The Kier molecular flexibility index (Phi) is 22.3. The van der Waals surface area contributed by atoms with Crippen LogP contribution in [0.25, 0.3) is 0 Å². The summed E-state index contributed by atoms with van der Waals surface area (Å²) in [4.78, 5) is 11.4. The summed E-state index contributed by atoms with van der Waals surface area (Å²) in [6.07, 6.45) is 22.0. The first-order chi connectivity index (χ1) is 14.6. The van der Waals surface area contributed by atoms with Crippen LogP contribution in [-0.4, -0.2) is 39.7 Å². The van der Waals surface area contributed by atoms with Gasteiger partial charge in [0.15, 0.2) is 0 Å². The number of ether oxygens (including phenoxy) is 2. The second kappa shape index (κ2) is 22.3. The molecule has 0 aliphatic heterocycles. The normalized spacial score (nSPS) is 14.7. The van der Waals surface area contributed by atoms with Gasteiger partial charge in [0.25, 0.3) is 0 Å². The maximum Gasteiger partial charge on any atom is 0.134 e. The minimum atomic E-state index is -3.70. The number of unbranched alkanes of at least 4 members (excludes halogenated alkanes) is 15. The average Bonchev–Trinajstić information content (AvgIpc) is 2.75. The first kappa shape index (κ1) is 30.1. The number of hydrogen-bond acceptors (Lipinski definition) is 5. The highest BCUT2D eigenvalue weighted by atomic mass is 31.2. The minimum absolute atomic E-state index is 0.00951. The van der Waals surface area contributed by atoms with Crippen LogP contribution >= 0.6 is 7.60 Å². The molecule has 30 heavy (non-hydrogen) atoms. The van der Waals surface area contributed by atoms with Crippen LogP contribution in [0.3, 0.4) is 0 Å². The molecule has 0 heterocycles. The van der Waals surface area contributed by atoms with E-state index in [-0.39, 0.29) is 12.3 Å². The molecule has 0 aromatic heterocycles. The Balaban J connectivity index is 3.28. The van der Waals surface area contributed by atoms with E-state index in [2.05, 4.69) is 11.4 Å². The summed E-state index contributed by atoms with van der Waals surface area (Å²) in [6, 6.07) is 0. The van der Waals surface area contributed by atoms with Crippen molar-refractivity contribution in [3.8, 4) is 0 Å². The molecule has 0 aliphatic rings. The number of hydrogen-bond donors (Lipinski definition) is 0. The molecule has 2 atom stereocenters. The quantitative estimate of drug-likeness (QED) is 0.119. The van der Waals surface area contributed by atoms with Gasteiger partial charge in [0.1, 0.15) is 7.60 Å². The highest BCUT2D eigenvalue weighted by Gasteiger charge is 2.13. The van der Waals surface area contributed by atoms with Crippen LogP contribution in [0.1, 0.15) is 116 Å². The van der Waals surface area contributed by atoms with Crippen LogP contribution in [-0.2, 0) is 18.6 Å². The Labute approximate surface area is 187 Å². The Morgan fingerprint density at radius 3 is 1.57 bits per heavy atom. The third-order valence-corrected chi connectivity index (χ3v) is 7.14. The zero-order chi connectivity index (χ0) is 22.3. The van der Waals surface area contributed by atoms with Gasteiger partial charge in [-0.3, -0.25) is 0 Å². The molecule has 0 spiro atoms. The van der Waals surface area contributed by atoms with Crippen molar-refractivity contribution in [1.82, 2.24) is 0 Å². The summed E-state index contributed by atoms with van der Waals surface area (Å²) >= 11 is 0. The lowest BCUT2D eigenvalue weighted by Crippen LogP contribution is -2.21. The summed E-state index contributed by atoms with van der Waals surface area (Å²) in [7, 11) is -0.918. The fourth-order valence-electron chi connectivity index (χ4n) is 3.63. The minimum Gasteiger partial charge on any atom is -0.779 e. The monoisotopic (exact) mass is 449 g/mol. The lowest BCUT2D eigenvalue weighted by atomic mass is 10.0. The maximum absolute atomic E-state index is 11.4. The number of rotatable bonds is 24. The van der Waals surface area contributed by atoms with Crippen molar-refractivity contribution in [3.05, 3.63) is 0 Å². The summed E-state index contributed by atoms with van der Waals surface area (Å²) < 4.78 is 26.8. The van der Waals surface area contributed by atoms with Gasteiger partial charge in [0.2, 0.25) is 0 Å². The second-order valence-corrected chi connectivity index (χ2v) is 10.6. The molecule has 0 aromatic carbocycles. The van der Waals surface area contributed by atoms with Crippen LogP contribution in [0, 0.1) is 0 Å². The SMILES string of the molecule is CCCCCCCCCCCCCCCCCCOC[C@H](CCP(=O)([O-])OC)OC. The van der Waals surface area contributed by atoms with Crippen molar-refractivity contribution in [2.45, 2.75) is 122 Å². The fraction of sp³-hybridized carbons (Fsp3) is 1.00. The van der Waals surface area contributed by atoms with Crippen LogP contribution in [0.2, 0.25) is 0 Å². The van der Waals surface area contributed by atoms with Gasteiger partial charge >= 0.3 is 0 Å². The van der Waals surface area contributed by atoms with Gasteiger partial charge < -0.3 is 23.5 Å². The van der Waals surface area contributed by atoms with Gasteiger partial charge in [0.05, 0.1) is 12.7 Å². The van der Waals surface area contributed by atoms with Gasteiger partial charge in [-0.2, -0.15) is 0 Å². The molecule has 182 valence electrons. The summed E-state index contributed by atoms with van der Waals surface area (Å²) in [6.45, 7) is 3.44. The molecule has 0 saturated carbocycles. The van der Waals surface area contributed by atoms with Crippen molar-refractivity contribution >= 4 is 7.60 Å². The zero-order valence-electron chi connectivity index (χ0n) is 20.2. The first-order valence-corrected chi connectivity index (χ1v) is 14.2. The van der Waals surface area contributed by atoms with E-state index in [4.69, 9.17) is 9.47 Å². The predicted octanol–water partition coefficient (Wildman–Crippen LogP) is 6.87. The maximum atomic E-state index is 11.4. The van der Waals surface area contributed by atoms with Crippen molar-refractivity contribution < 1.29 is 23.5 Å². The Bertz CT molecular complexity index is 392. The van der Waals surface area contributed by atoms with Crippen LogP contribution in [0.4, 0.5) is 0 Å². The van der Waals surface area contributed by atoms with Gasteiger partial charge in [-0.05, 0) is 12.8 Å². The molecular weight excluding hydrogens is 399 g/mol. The van der Waals surface area contributed by atoms with E-state index in [1.165, 1.54) is 103 Å². The lowest BCUT2D eigenvalue weighted by Gasteiger charge is -2.23. The first-order valence-electron chi connectivity index (χ1n) is 12.5. The van der Waals surface area contributed by atoms with E-state index in [1.807, 2.05) is 0 Å². The molecule has 0 amide bonds. The molecule has 0 aromatic rings. The van der Waals surface area contributed by atoms with Crippen LogP contribution < -0.4 is 4.89 Å². The summed E-state index contributed by atoms with van der Waals surface area (Å²) in [5.41, 5.74) is 0. The third kappa shape index (κ3) is 21.3. The smallest absolute Gasteiger partial charge is 0.134 e. The molecule has 5 nitrogen and oxygen atoms in total. The topological polar surface area (TPSA) is 67.8 Å². The lowest BCUT2D eigenvalue weighted by molar-refractivity contribution is -0.196. The van der Waals surface area contributed by atoms with Gasteiger partial charge in [-0.1, -0.05) is 103 Å². The summed E-state index contributed by atoms with van der Waals surface area (Å²) in [5, 5.41) is 0. The van der Waals surface area contributed by atoms with E-state index in [1.54, 1.807) is 7.11 Å². The third-order valence-electron chi connectivity index (χ3n) is 5.78. The van der Waals surface area contributed by atoms with Crippen LogP contribution in [0.15, 0.2) is 0 Å². The molecule has 0 radical (unpaired) electrons. The average molecular weight is 450 g/mol. The van der Waals surface area contributed by atoms with Crippen molar-refractivity contribution in [1.29, 1.82) is 0 Å². The molecule has 0 fully saturated rings. The number of methoxy groups -OCH3 is 1. The van der Waals surface area contributed by atoms with E-state index in [9.17, 15) is 9.46 Å². The summed E-state index contributed by atoms with van der Waals surface area (Å²) in [5.74, 6) is 0. The zero-order valence-corrected chi connectivity index (χ0v) is 21.1. The van der Waals surface area contributed by atoms with E-state index < -0.39 is 7.60 Å². The largest absolute Gasteiger partial charge is 0.779 e. The van der Waals surface area contributed by atoms with Crippen LogP contribution in [0.5, 0.6) is 0 Å². The van der Waals surface area contributed by atoms with Crippen molar-refractivity contribution in [3.63, 3.8) is 0 Å². The van der Waals surface area contributed by atoms with Gasteiger partial charge in [-0.15, -0.1) is 0 Å². The van der Waals surface area contributed by atoms with Gasteiger partial charge in [0, 0.05) is 27.0 Å². The second-order valence-electron chi connectivity index (χ2n) is 8.54. The Hall–Kier alpha value is 0.0700. The van der Waals surface area contributed by atoms with E-state index >= 15 is 0 Å².